The summed E-state index contributed by atoms with van der Waals surface area (Å²) in [4.78, 5) is 11.6. The smallest absolute Gasteiger partial charge is 0.319 e. The van der Waals surface area contributed by atoms with Crippen molar-refractivity contribution in [1.29, 1.82) is 0 Å². The van der Waals surface area contributed by atoms with Crippen molar-refractivity contribution in [2.24, 2.45) is 0 Å². The molecule has 0 atom stereocenters. The van der Waals surface area contributed by atoms with Gasteiger partial charge in [0.2, 0.25) is 0 Å². The van der Waals surface area contributed by atoms with Gasteiger partial charge in [-0.1, -0.05) is 12.1 Å². The van der Waals surface area contributed by atoms with E-state index < -0.39 is 0 Å². The predicted molar refractivity (Wildman–Crippen MR) is 71.5 cm³/mol. The van der Waals surface area contributed by atoms with E-state index in [4.69, 9.17) is 4.74 Å². The first kappa shape index (κ1) is 12.9. The van der Waals surface area contributed by atoms with Crippen molar-refractivity contribution >= 4 is 11.7 Å². The molecule has 1 aliphatic carbocycles. The van der Waals surface area contributed by atoms with Crippen LogP contribution in [-0.4, -0.2) is 18.2 Å². The van der Waals surface area contributed by atoms with E-state index in [9.17, 15) is 4.79 Å². The van der Waals surface area contributed by atoms with Gasteiger partial charge < -0.3 is 15.4 Å². The summed E-state index contributed by atoms with van der Waals surface area (Å²) in [6.07, 6.45) is 2.39. The lowest BCUT2D eigenvalue weighted by molar-refractivity contribution is 0.0657. The van der Waals surface area contributed by atoms with E-state index in [-0.39, 0.29) is 12.1 Å². The number of benzene rings is 1. The fraction of sp³-hybridized carbons (Fsp3) is 0.500. The zero-order valence-corrected chi connectivity index (χ0v) is 10.9. The van der Waals surface area contributed by atoms with Gasteiger partial charge in [-0.05, 0) is 44.4 Å². The molecule has 0 bridgehead atoms. The second-order valence-corrected chi connectivity index (χ2v) is 4.93. The molecule has 4 nitrogen and oxygen atoms in total. The van der Waals surface area contributed by atoms with Crippen molar-refractivity contribution < 1.29 is 9.53 Å². The second kappa shape index (κ2) is 5.87. The van der Waals surface area contributed by atoms with Crippen molar-refractivity contribution in [3.05, 3.63) is 29.8 Å². The lowest BCUT2D eigenvalue weighted by Crippen LogP contribution is -2.30. The Kier molecular flexibility index (Phi) is 4.20. The Balaban J connectivity index is 1.87. The molecule has 0 heterocycles. The van der Waals surface area contributed by atoms with Crippen LogP contribution in [0.2, 0.25) is 0 Å². The highest BCUT2D eigenvalue weighted by molar-refractivity contribution is 5.89. The Morgan fingerprint density at radius 3 is 2.89 bits per heavy atom. The number of anilines is 1. The molecule has 4 heteroatoms. The first-order valence-electron chi connectivity index (χ1n) is 6.41. The fourth-order valence-corrected chi connectivity index (χ4v) is 1.58. The summed E-state index contributed by atoms with van der Waals surface area (Å²) in [5.74, 6) is 0. The number of carbonyl (C=O) groups is 1. The second-order valence-electron chi connectivity index (χ2n) is 4.93. The minimum atomic E-state index is -0.126. The average Bonchev–Trinajstić information content (AvgIpc) is 3.10. The molecule has 1 fully saturated rings. The summed E-state index contributed by atoms with van der Waals surface area (Å²) in [5.41, 5.74) is 1.87. The molecule has 0 saturated heterocycles. The molecule has 1 aromatic carbocycles. The molecule has 0 aromatic heterocycles. The van der Waals surface area contributed by atoms with Crippen molar-refractivity contribution in [3.8, 4) is 0 Å². The van der Waals surface area contributed by atoms with Crippen LogP contribution in [0, 0.1) is 0 Å². The fourth-order valence-electron chi connectivity index (χ4n) is 1.58. The highest BCUT2D eigenvalue weighted by Gasteiger charge is 2.23. The number of hydrogen-bond acceptors (Lipinski definition) is 2. The Bertz CT molecular complexity index is 414. The number of urea groups is 1. The highest BCUT2D eigenvalue weighted by Crippen LogP contribution is 2.19. The first-order valence-corrected chi connectivity index (χ1v) is 6.41. The number of ether oxygens (including phenoxy) is 1. The average molecular weight is 248 g/mol. The van der Waals surface area contributed by atoms with Crippen molar-refractivity contribution in [3.63, 3.8) is 0 Å². The predicted octanol–water partition coefficient (Wildman–Crippen LogP) is 2.90. The molecule has 1 aromatic rings. The summed E-state index contributed by atoms with van der Waals surface area (Å²) < 4.78 is 5.53. The van der Waals surface area contributed by atoms with E-state index >= 15 is 0 Å². The Morgan fingerprint density at radius 1 is 1.44 bits per heavy atom. The van der Waals surface area contributed by atoms with Crippen LogP contribution in [0.4, 0.5) is 10.5 Å². The number of carbonyl (C=O) groups excluding carboxylic acids is 1. The molecule has 0 spiro atoms. The van der Waals surface area contributed by atoms with Gasteiger partial charge in [-0.15, -0.1) is 0 Å². The van der Waals surface area contributed by atoms with Crippen LogP contribution >= 0.6 is 0 Å². The van der Waals surface area contributed by atoms with Gasteiger partial charge in [0.1, 0.15) is 0 Å². The van der Waals surface area contributed by atoms with Crippen LogP contribution in [0.3, 0.4) is 0 Å². The highest BCUT2D eigenvalue weighted by atomic mass is 16.5. The molecule has 98 valence electrons. The van der Waals surface area contributed by atoms with Crippen LogP contribution < -0.4 is 10.6 Å². The van der Waals surface area contributed by atoms with Gasteiger partial charge in [-0.25, -0.2) is 4.79 Å². The SMILES string of the molecule is CC(C)OCc1cccc(NC(=O)NC2CC2)c1. The zero-order valence-electron chi connectivity index (χ0n) is 10.9. The topological polar surface area (TPSA) is 50.4 Å². The molecule has 1 aliphatic rings. The molecule has 0 unspecified atom stereocenters. The van der Waals surface area contributed by atoms with Crippen LogP contribution in [0.1, 0.15) is 32.3 Å². The maximum Gasteiger partial charge on any atom is 0.319 e. The first-order chi connectivity index (χ1) is 8.63. The number of nitrogens with one attached hydrogen (secondary N) is 2. The van der Waals surface area contributed by atoms with Crippen LogP contribution in [0.25, 0.3) is 0 Å². The third-order valence-corrected chi connectivity index (χ3v) is 2.68. The van der Waals surface area contributed by atoms with Gasteiger partial charge >= 0.3 is 6.03 Å². The largest absolute Gasteiger partial charge is 0.374 e. The van der Waals surface area contributed by atoms with E-state index in [2.05, 4.69) is 10.6 Å². The van der Waals surface area contributed by atoms with Crippen LogP contribution in [-0.2, 0) is 11.3 Å². The molecule has 1 saturated carbocycles. The number of amides is 2. The standard InChI is InChI=1S/C14H20N2O2/c1-10(2)18-9-11-4-3-5-13(8-11)16-14(17)15-12-6-7-12/h3-5,8,10,12H,6-7,9H2,1-2H3,(H2,15,16,17). The maximum atomic E-state index is 11.6. The Morgan fingerprint density at radius 2 is 2.22 bits per heavy atom. The summed E-state index contributed by atoms with van der Waals surface area (Å²) in [6.45, 7) is 4.58. The van der Waals surface area contributed by atoms with E-state index in [0.29, 0.717) is 12.6 Å². The molecule has 2 N–H and O–H groups in total. The van der Waals surface area contributed by atoms with Crippen LogP contribution in [0.5, 0.6) is 0 Å². The van der Waals surface area contributed by atoms with E-state index in [1.165, 1.54) is 0 Å². The quantitative estimate of drug-likeness (QED) is 0.841. The summed E-state index contributed by atoms with van der Waals surface area (Å²) in [6, 6.07) is 7.98. The Labute approximate surface area is 108 Å². The van der Waals surface area contributed by atoms with Gasteiger partial charge in [0, 0.05) is 11.7 Å². The van der Waals surface area contributed by atoms with Gasteiger partial charge in [0.15, 0.2) is 0 Å². The van der Waals surface area contributed by atoms with Crippen molar-refractivity contribution in [1.82, 2.24) is 5.32 Å². The number of hydrogen-bond donors (Lipinski definition) is 2. The lowest BCUT2D eigenvalue weighted by Gasteiger charge is -2.10. The van der Waals surface area contributed by atoms with Gasteiger partial charge in [-0.2, -0.15) is 0 Å². The molecule has 18 heavy (non-hydrogen) atoms. The minimum Gasteiger partial charge on any atom is -0.374 e. The minimum absolute atomic E-state index is 0.126. The van der Waals surface area contributed by atoms with Crippen molar-refractivity contribution in [2.45, 2.75) is 45.4 Å². The number of rotatable bonds is 5. The third kappa shape index (κ3) is 4.37. The maximum absolute atomic E-state index is 11.6. The van der Waals surface area contributed by atoms with E-state index in [0.717, 1.165) is 24.1 Å². The molecule has 0 radical (unpaired) electrons. The zero-order chi connectivity index (χ0) is 13.0. The van der Waals surface area contributed by atoms with Gasteiger partial charge in [-0.3, -0.25) is 0 Å². The summed E-state index contributed by atoms with van der Waals surface area (Å²) in [7, 11) is 0. The van der Waals surface area contributed by atoms with Crippen LogP contribution in [0.15, 0.2) is 24.3 Å². The lowest BCUT2D eigenvalue weighted by atomic mass is 10.2. The summed E-state index contributed by atoms with van der Waals surface area (Å²) in [5, 5.41) is 5.73. The molecule has 2 rings (SSSR count). The Hall–Kier alpha value is -1.55. The van der Waals surface area contributed by atoms with Gasteiger partial charge in [0.05, 0.1) is 12.7 Å². The van der Waals surface area contributed by atoms with E-state index in [1.54, 1.807) is 0 Å². The normalized spacial score (nSPS) is 14.6. The molecular formula is C14H20N2O2. The molecular weight excluding hydrogens is 228 g/mol. The monoisotopic (exact) mass is 248 g/mol. The van der Waals surface area contributed by atoms with Crippen molar-refractivity contribution in [2.75, 3.05) is 5.32 Å². The van der Waals surface area contributed by atoms with E-state index in [1.807, 2.05) is 38.1 Å². The van der Waals surface area contributed by atoms with Gasteiger partial charge in [0.25, 0.3) is 0 Å². The third-order valence-electron chi connectivity index (χ3n) is 2.68. The summed E-state index contributed by atoms with van der Waals surface area (Å²) >= 11 is 0. The molecule has 2 amide bonds. The molecule has 0 aliphatic heterocycles.